The molecule has 148 valence electrons. The van der Waals surface area contributed by atoms with Gasteiger partial charge in [0.25, 0.3) is 0 Å². The van der Waals surface area contributed by atoms with E-state index >= 15 is 0 Å². The van der Waals surface area contributed by atoms with E-state index in [1.165, 1.54) is 5.56 Å². The average molecular weight is 382 g/mol. The number of carboxylic acids is 1. The molecule has 0 aromatic heterocycles. The minimum absolute atomic E-state index is 0.0958. The van der Waals surface area contributed by atoms with Crippen LogP contribution in [0.5, 0.6) is 11.5 Å². The highest BCUT2D eigenvalue weighted by molar-refractivity contribution is 5.71. The maximum absolute atomic E-state index is 11.8. The van der Waals surface area contributed by atoms with E-state index in [1.54, 1.807) is 12.1 Å². The van der Waals surface area contributed by atoms with E-state index < -0.39 is 23.6 Å². The van der Waals surface area contributed by atoms with Gasteiger partial charge in [-0.1, -0.05) is 42.5 Å². The van der Waals surface area contributed by atoms with E-state index in [-0.39, 0.29) is 17.8 Å². The number of aryl methyl sites for hydroxylation is 1. The van der Waals surface area contributed by atoms with Crippen LogP contribution in [0.2, 0.25) is 0 Å². The fourth-order valence-corrected chi connectivity index (χ4v) is 4.63. The normalized spacial score (nSPS) is 31.4. The van der Waals surface area contributed by atoms with Gasteiger partial charge in [0.2, 0.25) is 0 Å². The maximum atomic E-state index is 11.8. The quantitative estimate of drug-likeness (QED) is 0.822. The zero-order valence-corrected chi connectivity index (χ0v) is 16.2. The third-order valence-electron chi connectivity index (χ3n) is 6.32. The van der Waals surface area contributed by atoms with Crippen LogP contribution < -0.4 is 4.74 Å². The van der Waals surface area contributed by atoms with Gasteiger partial charge in [-0.3, -0.25) is 4.79 Å². The molecule has 2 aliphatic heterocycles. The van der Waals surface area contributed by atoms with Crippen LogP contribution in [0, 0.1) is 11.8 Å². The lowest BCUT2D eigenvalue weighted by molar-refractivity contribution is -0.187. The molecule has 0 radical (unpaired) electrons. The molecule has 5 heteroatoms. The second-order valence-electron chi connectivity index (χ2n) is 8.14. The van der Waals surface area contributed by atoms with Crippen LogP contribution in [-0.2, 0) is 16.0 Å². The molecule has 0 bridgehead atoms. The summed E-state index contributed by atoms with van der Waals surface area (Å²) in [5.74, 6) is -0.959. The molecule has 4 rings (SSSR count). The topological polar surface area (TPSA) is 76.0 Å². The number of phenols is 1. The molecule has 5 nitrogen and oxygen atoms in total. The minimum Gasteiger partial charge on any atom is -0.504 e. The van der Waals surface area contributed by atoms with Gasteiger partial charge in [-0.25, -0.2) is 0 Å². The van der Waals surface area contributed by atoms with E-state index in [0.717, 1.165) is 12.0 Å². The molecule has 2 N–H and O–H groups in total. The van der Waals surface area contributed by atoms with Gasteiger partial charge in [0.05, 0.1) is 18.1 Å². The number of phenolic OH excluding ortho intramolecular Hbond substituents is 1. The molecule has 0 amide bonds. The van der Waals surface area contributed by atoms with E-state index in [2.05, 4.69) is 12.1 Å². The number of fused-ring (bicyclic) bond motifs is 3. The van der Waals surface area contributed by atoms with Crippen molar-refractivity contribution in [2.45, 2.75) is 50.9 Å². The van der Waals surface area contributed by atoms with Crippen molar-refractivity contribution in [3.05, 3.63) is 59.7 Å². The highest BCUT2D eigenvalue weighted by atomic mass is 16.5. The molecule has 1 saturated heterocycles. The summed E-state index contributed by atoms with van der Waals surface area (Å²) in [7, 11) is 0. The summed E-state index contributed by atoms with van der Waals surface area (Å²) in [6.45, 7) is 3.83. The van der Waals surface area contributed by atoms with Crippen LogP contribution >= 0.6 is 0 Å². The van der Waals surface area contributed by atoms with Crippen molar-refractivity contribution in [2.75, 3.05) is 0 Å². The predicted molar refractivity (Wildman–Crippen MR) is 104 cm³/mol. The van der Waals surface area contributed by atoms with Gasteiger partial charge in [-0.05, 0) is 44.7 Å². The molecule has 2 aromatic carbocycles. The molecular formula is C23H26O5. The van der Waals surface area contributed by atoms with Crippen LogP contribution in [0.15, 0.2) is 48.5 Å². The first kappa shape index (κ1) is 18.8. The van der Waals surface area contributed by atoms with Crippen LogP contribution in [-0.4, -0.2) is 27.9 Å². The highest BCUT2D eigenvalue weighted by Crippen LogP contribution is 2.55. The molecule has 2 aromatic rings. The summed E-state index contributed by atoms with van der Waals surface area (Å²) >= 11 is 0. The zero-order valence-electron chi connectivity index (χ0n) is 16.2. The van der Waals surface area contributed by atoms with Crippen LogP contribution in [0.25, 0.3) is 0 Å². The second-order valence-corrected chi connectivity index (χ2v) is 8.14. The van der Waals surface area contributed by atoms with Gasteiger partial charge in [0.1, 0.15) is 5.60 Å². The summed E-state index contributed by atoms with van der Waals surface area (Å²) in [6, 6.07) is 15.5. The Kier molecular flexibility index (Phi) is 4.79. The number of aromatic hydroxyl groups is 1. The second kappa shape index (κ2) is 7.13. The van der Waals surface area contributed by atoms with Crippen molar-refractivity contribution < 1.29 is 24.5 Å². The summed E-state index contributed by atoms with van der Waals surface area (Å²) < 4.78 is 12.6. The SMILES string of the molecule is C[C@@H]1O[C@@H]2c3cccc(O)c3O[C@](C)(CCc3ccccc3)[C@H]2C[C@@H]1C(=O)O. The van der Waals surface area contributed by atoms with Crippen molar-refractivity contribution in [3.8, 4) is 11.5 Å². The molecule has 0 spiro atoms. The Labute approximate surface area is 164 Å². The van der Waals surface area contributed by atoms with Crippen molar-refractivity contribution in [2.24, 2.45) is 11.8 Å². The van der Waals surface area contributed by atoms with Gasteiger partial charge in [-0.2, -0.15) is 0 Å². The lowest BCUT2D eigenvalue weighted by atomic mass is 9.69. The molecule has 0 saturated carbocycles. The van der Waals surface area contributed by atoms with E-state index in [1.807, 2.05) is 38.1 Å². The molecular weight excluding hydrogens is 356 g/mol. The van der Waals surface area contributed by atoms with Gasteiger partial charge >= 0.3 is 5.97 Å². The van der Waals surface area contributed by atoms with Gasteiger partial charge in [-0.15, -0.1) is 0 Å². The molecule has 28 heavy (non-hydrogen) atoms. The Morgan fingerprint density at radius 2 is 1.93 bits per heavy atom. The first-order valence-corrected chi connectivity index (χ1v) is 9.82. The zero-order chi connectivity index (χ0) is 19.9. The number of aliphatic carboxylic acids is 1. The summed E-state index contributed by atoms with van der Waals surface area (Å²) in [6.07, 6.45) is 1.31. The fourth-order valence-electron chi connectivity index (χ4n) is 4.63. The van der Waals surface area contributed by atoms with Crippen LogP contribution in [0.4, 0.5) is 0 Å². The molecule has 2 aliphatic rings. The lowest BCUT2D eigenvalue weighted by Gasteiger charge is -2.51. The Morgan fingerprint density at radius 3 is 2.64 bits per heavy atom. The minimum atomic E-state index is -0.835. The number of hydrogen-bond acceptors (Lipinski definition) is 4. The molecule has 0 unspecified atom stereocenters. The van der Waals surface area contributed by atoms with Crippen LogP contribution in [0.1, 0.15) is 43.9 Å². The maximum Gasteiger partial charge on any atom is 0.309 e. The van der Waals surface area contributed by atoms with Crippen molar-refractivity contribution in [3.63, 3.8) is 0 Å². The van der Waals surface area contributed by atoms with Crippen LogP contribution in [0.3, 0.4) is 0 Å². The first-order valence-electron chi connectivity index (χ1n) is 9.82. The standard InChI is InChI=1S/C23H26O5/c1-14-17(22(25)26)13-18-20(27-14)16-9-6-10-19(24)21(16)28-23(18,2)12-11-15-7-4-3-5-8-15/h3-10,14,17-18,20,24H,11-13H2,1-2H3,(H,25,26)/t14-,17-,18-,20+,23+/m0/s1. The summed E-state index contributed by atoms with van der Waals surface area (Å²) in [4.78, 5) is 11.8. The molecule has 1 fully saturated rings. The smallest absolute Gasteiger partial charge is 0.309 e. The average Bonchev–Trinajstić information content (AvgIpc) is 2.68. The third kappa shape index (κ3) is 3.24. The molecule has 2 heterocycles. The van der Waals surface area contributed by atoms with Gasteiger partial charge in [0.15, 0.2) is 11.5 Å². The number of benzene rings is 2. The number of ether oxygens (including phenoxy) is 2. The fraction of sp³-hybridized carbons (Fsp3) is 0.435. The number of carbonyl (C=O) groups is 1. The van der Waals surface area contributed by atoms with Gasteiger partial charge in [0, 0.05) is 11.5 Å². The predicted octanol–water partition coefficient (Wildman–Crippen LogP) is 4.34. The number of rotatable bonds is 4. The van der Waals surface area contributed by atoms with Crippen molar-refractivity contribution >= 4 is 5.97 Å². The molecule has 5 atom stereocenters. The largest absolute Gasteiger partial charge is 0.504 e. The lowest BCUT2D eigenvalue weighted by Crippen LogP contribution is -2.53. The summed E-state index contributed by atoms with van der Waals surface area (Å²) in [5, 5.41) is 20.1. The first-order chi connectivity index (χ1) is 13.4. The molecule has 0 aliphatic carbocycles. The number of para-hydroxylation sites is 1. The third-order valence-corrected chi connectivity index (χ3v) is 6.32. The monoisotopic (exact) mass is 382 g/mol. The Balaban J connectivity index is 1.70. The van der Waals surface area contributed by atoms with E-state index in [0.29, 0.717) is 18.6 Å². The Morgan fingerprint density at radius 1 is 1.18 bits per heavy atom. The Bertz CT molecular complexity index is 865. The van der Waals surface area contributed by atoms with E-state index in [4.69, 9.17) is 9.47 Å². The summed E-state index contributed by atoms with van der Waals surface area (Å²) in [5.41, 5.74) is 1.37. The Hall–Kier alpha value is -2.53. The van der Waals surface area contributed by atoms with E-state index in [9.17, 15) is 15.0 Å². The number of carboxylic acid groups (broad SMARTS) is 1. The number of hydrogen-bond donors (Lipinski definition) is 2. The van der Waals surface area contributed by atoms with Crippen molar-refractivity contribution in [1.29, 1.82) is 0 Å². The van der Waals surface area contributed by atoms with Crippen molar-refractivity contribution in [1.82, 2.24) is 0 Å². The van der Waals surface area contributed by atoms with Gasteiger partial charge < -0.3 is 19.7 Å². The highest BCUT2D eigenvalue weighted by Gasteiger charge is 2.53.